The Morgan fingerprint density at radius 1 is 1.15 bits per heavy atom. The minimum atomic E-state index is -0.135. The number of aromatic nitrogens is 5. The predicted molar refractivity (Wildman–Crippen MR) is 105 cm³/mol. The van der Waals surface area contributed by atoms with Crippen molar-refractivity contribution in [2.75, 3.05) is 13.2 Å². The summed E-state index contributed by atoms with van der Waals surface area (Å²) in [4.78, 5) is 4.98. The van der Waals surface area contributed by atoms with E-state index in [-0.39, 0.29) is 5.54 Å². The van der Waals surface area contributed by atoms with Gasteiger partial charge in [-0.1, -0.05) is 18.2 Å². The van der Waals surface area contributed by atoms with Crippen LogP contribution in [-0.4, -0.2) is 37.8 Å². The lowest BCUT2D eigenvalue weighted by atomic mass is 10.00. The van der Waals surface area contributed by atoms with Crippen LogP contribution in [0.3, 0.4) is 0 Å². The highest BCUT2D eigenvalue weighted by atomic mass is 16.5. The van der Waals surface area contributed by atoms with Gasteiger partial charge in [-0.2, -0.15) is 10.2 Å². The molecule has 1 saturated heterocycles. The molecule has 0 atom stereocenters. The van der Waals surface area contributed by atoms with Crippen LogP contribution in [0.1, 0.15) is 50.9 Å². The van der Waals surface area contributed by atoms with Crippen molar-refractivity contribution in [3.05, 3.63) is 54.1 Å². The Balaban J connectivity index is 1.70. The van der Waals surface area contributed by atoms with Crippen molar-refractivity contribution >= 4 is 0 Å². The van der Waals surface area contributed by atoms with Gasteiger partial charge in [-0.05, 0) is 51.3 Å². The molecule has 3 aromatic rings. The van der Waals surface area contributed by atoms with E-state index in [1.54, 1.807) is 6.20 Å². The lowest BCUT2D eigenvalue weighted by Gasteiger charge is -2.22. The van der Waals surface area contributed by atoms with Gasteiger partial charge >= 0.3 is 0 Å². The number of benzene rings is 1. The molecule has 142 valence electrons. The molecule has 0 aliphatic carbocycles. The Kier molecular flexibility index (Phi) is 4.83. The Morgan fingerprint density at radius 2 is 1.96 bits per heavy atom. The fraction of sp³-hybridized carbons (Fsp3) is 0.476. The Morgan fingerprint density at radius 3 is 2.67 bits per heavy atom. The number of nitrogens with zero attached hydrogens (tertiary/aromatic N) is 5. The van der Waals surface area contributed by atoms with Crippen LogP contribution in [0.4, 0.5) is 0 Å². The van der Waals surface area contributed by atoms with Crippen LogP contribution in [0.2, 0.25) is 0 Å². The smallest absolute Gasteiger partial charge is 0.158 e. The molecule has 0 unspecified atom stereocenters. The molecule has 0 bridgehead atoms. The second-order valence-corrected chi connectivity index (χ2v) is 8.17. The topological polar surface area (TPSA) is 57.8 Å². The van der Waals surface area contributed by atoms with Crippen LogP contribution in [-0.2, 0) is 16.8 Å². The predicted octanol–water partition coefficient (Wildman–Crippen LogP) is 3.84. The zero-order valence-electron chi connectivity index (χ0n) is 16.3. The van der Waals surface area contributed by atoms with E-state index in [4.69, 9.17) is 14.8 Å². The second-order valence-electron chi connectivity index (χ2n) is 8.17. The highest BCUT2D eigenvalue weighted by Gasteiger charge is 2.26. The Labute approximate surface area is 160 Å². The summed E-state index contributed by atoms with van der Waals surface area (Å²) < 4.78 is 9.51. The molecule has 4 rings (SSSR count). The van der Waals surface area contributed by atoms with Gasteiger partial charge < -0.3 is 4.74 Å². The average molecular weight is 365 g/mol. The van der Waals surface area contributed by atoms with Crippen molar-refractivity contribution in [3.8, 4) is 11.4 Å². The summed E-state index contributed by atoms with van der Waals surface area (Å²) in [6, 6.07) is 10.5. The first-order valence-corrected chi connectivity index (χ1v) is 9.62. The lowest BCUT2D eigenvalue weighted by Crippen LogP contribution is -2.24. The number of hydrogen-bond donors (Lipinski definition) is 0. The third-order valence-corrected chi connectivity index (χ3v) is 4.93. The molecule has 1 fully saturated rings. The number of rotatable bonds is 4. The summed E-state index contributed by atoms with van der Waals surface area (Å²) >= 11 is 0. The Bertz CT molecular complexity index is 886. The third kappa shape index (κ3) is 3.95. The van der Waals surface area contributed by atoms with Crippen molar-refractivity contribution < 1.29 is 4.74 Å². The highest BCUT2D eigenvalue weighted by Crippen LogP contribution is 2.30. The Hall–Kier alpha value is -2.47. The highest BCUT2D eigenvalue weighted by molar-refractivity contribution is 5.57. The van der Waals surface area contributed by atoms with Gasteiger partial charge in [0.2, 0.25) is 0 Å². The average Bonchev–Trinajstić information content (AvgIpc) is 3.32. The first kappa shape index (κ1) is 17.9. The van der Waals surface area contributed by atoms with E-state index in [0.29, 0.717) is 5.92 Å². The molecular weight excluding hydrogens is 338 g/mol. The van der Waals surface area contributed by atoms with Crippen molar-refractivity contribution in [2.45, 2.75) is 51.6 Å². The summed E-state index contributed by atoms with van der Waals surface area (Å²) in [6.45, 7) is 8.86. The van der Waals surface area contributed by atoms with Gasteiger partial charge in [0.15, 0.2) is 11.6 Å². The molecule has 1 aliphatic heterocycles. The number of ether oxygens (including phenoxy) is 1. The van der Waals surface area contributed by atoms with Crippen molar-refractivity contribution in [3.63, 3.8) is 0 Å². The van der Waals surface area contributed by atoms with Gasteiger partial charge in [-0.25, -0.2) is 9.67 Å². The normalized spacial score (nSPS) is 16.0. The molecule has 0 amide bonds. The van der Waals surface area contributed by atoms with Crippen LogP contribution in [0.5, 0.6) is 0 Å². The summed E-state index contributed by atoms with van der Waals surface area (Å²) in [7, 11) is 0. The first-order valence-electron chi connectivity index (χ1n) is 9.62. The van der Waals surface area contributed by atoms with Crippen LogP contribution in [0.15, 0.2) is 42.7 Å². The fourth-order valence-electron chi connectivity index (χ4n) is 3.50. The van der Waals surface area contributed by atoms with Gasteiger partial charge in [0, 0.05) is 37.1 Å². The molecule has 6 heteroatoms. The SMILES string of the molecule is CC(C)(C)n1nc(C2CCOCC2)nc1-c1cccc(Cn2cccn2)c1. The molecule has 0 radical (unpaired) electrons. The zero-order chi connectivity index (χ0) is 18.9. The maximum absolute atomic E-state index is 5.51. The molecule has 2 aromatic heterocycles. The van der Waals surface area contributed by atoms with Gasteiger partial charge in [0.1, 0.15) is 0 Å². The minimum absolute atomic E-state index is 0.135. The quantitative estimate of drug-likeness (QED) is 0.705. The van der Waals surface area contributed by atoms with E-state index in [9.17, 15) is 0 Å². The summed E-state index contributed by atoms with van der Waals surface area (Å²) in [5, 5.41) is 9.23. The van der Waals surface area contributed by atoms with E-state index in [1.807, 2.05) is 16.9 Å². The fourth-order valence-corrected chi connectivity index (χ4v) is 3.50. The van der Waals surface area contributed by atoms with E-state index in [1.165, 1.54) is 5.56 Å². The maximum Gasteiger partial charge on any atom is 0.158 e. The summed E-state index contributed by atoms with van der Waals surface area (Å²) in [6.07, 6.45) is 5.77. The van der Waals surface area contributed by atoms with Crippen LogP contribution >= 0.6 is 0 Å². The van der Waals surface area contributed by atoms with Crippen molar-refractivity contribution in [1.29, 1.82) is 0 Å². The lowest BCUT2D eigenvalue weighted by molar-refractivity contribution is 0.0834. The van der Waals surface area contributed by atoms with E-state index < -0.39 is 0 Å². The second kappa shape index (κ2) is 7.27. The van der Waals surface area contributed by atoms with Crippen LogP contribution in [0.25, 0.3) is 11.4 Å². The van der Waals surface area contributed by atoms with Gasteiger partial charge in [-0.15, -0.1) is 0 Å². The van der Waals surface area contributed by atoms with Gasteiger partial charge in [-0.3, -0.25) is 4.68 Å². The molecule has 3 heterocycles. The van der Waals surface area contributed by atoms with Crippen LogP contribution < -0.4 is 0 Å². The molecule has 0 saturated carbocycles. The first-order chi connectivity index (χ1) is 13.0. The maximum atomic E-state index is 5.51. The molecular formula is C21H27N5O. The van der Waals surface area contributed by atoms with Crippen LogP contribution in [0, 0.1) is 0 Å². The summed E-state index contributed by atoms with van der Waals surface area (Å²) in [5.41, 5.74) is 2.16. The van der Waals surface area contributed by atoms with Crippen molar-refractivity contribution in [1.82, 2.24) is 24.5 Å². The van der Waals surface area contributed by atoms with Gasteiger partial charge in [0.05, 0.1) is 12.1 Å². The molecule has 1 aliphatic rings. The third-order valence-electron chi connectivity index (χ3n) is 4.93. The largest absolute Gasteiger partial charge is 0.381 e. The molecule has 27 heavy (non-hydrogen) atoms. The number of hydrogen-bond acceptors (Lipinski definition) is 4. The van der Waals surface area contributed by atoms with E-state index >= 15 is 0 Å². The molecule has 0 N–H and O–H groups in total. The summed E-state index contributed by atoms with van der Waals surface area (Å²) in [5.74, 6) is 2.26. The van der Waals surface area contributed by atoms with E-state index in [0.717, 1.165) is 49.8 Å². The van der Waals surface area contributed by atoms with Crippen molar-refractivity contribution in [2.24, 2.45) is 0 Å². The zero-order valence-corrected chi connectivity index (χ0v) is 16.3. The monoisotopic (exact) mass is 365 g/mol. The van der Waals surface area contributed by atoms with E-state index in [2.05, 4.69) is 54.8 Å². The minimum Gasteiger partial charge on any atom is -0.381 e. The van der Waals surface area contributed by atoms with Gasteiger partial charge in [0.25, 0.3) is 0 Å². The molecule has 0 spiro atoms. The molecule has 1 aromatic carbocycles. The molecule has 6 nitrogen and oxygen atoms in total. The standard InChI is InChI=1S/C21H27N5O/c1-21(2,3)26-20(23-19(24-26)17-8-12-27-13-9-17)18-7-4-6-16(14-18)15-25-11-5-10-22-25/h4-7,10-11,14,17H,8-9,12-13,15H2,1-3H3.